The highest BCUT2D eigenvalue weighted by molar-refractivity contribution is 5.81. The molecule has 0 saturated carbocycles. The van der Waals surface area contributed by atoms with Gasteiger partial charge in [-0.05, 0) is 12.1 Å². The molecule has 4 heteroatoms. The van der Waals surface area contributed by atoms with E-state index < -0.39 is 0 Å². The Hall–Kier alpha value is -1.81. The molecule has 1 heterocycles. The molecular weight excluding hydrogens is 290 g/mol. The number of benzene rings is 1. The number of quaternary nitrogens is 1. The molecule has 126 valence electrons. The predicted octanol–water partition coefficient (Wildman–Crippen LogP) is 2.50. The minimum Gasteiger partial charge on any atom is -0.497 e. The first kappa shape index (κ1) is 17.5. The molecule has 1 aromatic heterocycles. The maximum Gasteiger partial charge on any atom is 0.336 e. The number of hydrogen-bond donors (Lipinski definition) is 1. The Balaban J connectivity index is 2.38. The molecule has 23 heavy (non-hydrogen) atoms. The van der Waals surface area contributed by atoms with Crippen LogP contribution in [0.4, 0.5) is 0 Å². The van der Waals surface area contributed by atoms with Gasteiger partial charge in [0.05, 0.1) is 20.2 Å². The normalized spacial score (nSPS) is 11.8. The van der Waals surface area contributed by atoms with E-state index in [1.807, 2.05) is 12.1 Å². The Morgan fingerprint density at radius 1 is 1.09 bits per heavy atom. The van der Waals surface area contributed by atoms with Crippen LogP contribution < -0.4 is 15.3 Å². The summed E-state index contributed by atoms with van der Waals surface area (Å²) in [7, 11) is 1.61. The molecule has 1 aromatic carbocycles. The van der Waals surface area contributed by atoms with Crippen LogP contribution in [0.15, 0.2) is 33.5 Å². The lowest BCUT2D eigenvalue weighted by atomic mass is 10.1. The van der Waals surface area contributed by atoms with Gasteiger partial charge in [-0.25, -0.2) is 4.79 Å². The largest absolute Gasteiger partial charge is 0.497 e. The second-order valence-corrected chi connectivity index (χ2v) is 7.08. The first-order chi connectivity index (χ1) is 10.9. The van der Waals surface area contributed by atoms with E-state index in [0.717, 1.165) is 30.6 Å². The molecule has 0 bridgehead atoms. The van der Waals surface area contributed by atoms with Gasteiger partial charge in [0.1, 0.15) is 17.9 Å². The molecule has 0 aliphatic carbocycles. The molecule has 4 nitrogen and oxygen atoms in total. The number of ether oxygens (including phenoxy) is 1. The third-order valence-corrected chi connectivity index (χ3v) is 3.87. The van der Waals surface area contributed by atoms with Crippen molar-refractivity contribution in [1.82, 2.24) is 0 Å². The Morgan fingerprint density at radius 3 is 2.30 bits per heavy atom. The summed E-state index contributed by atoms with van der Waals surface area (Å²) in [6, 6.07) is 7.31. The number of nitrogens with one attached hydrogen (secondary N) is 1. The van der Waals surface area contributed by atoms with Crippen LogP contribution in [0, 0.1) is 11.8 Å². The van der Waals surface area contributed by atoms with Gasteiger partial charge >= 0.3 is 5.63 Å². The van der Waals surface area contributed by atoms with Gasteiger partial charge in [0.25, 0.3) is 0 Å². The van der Waals surface area contributed by atoms with Crippen LogP contribution in [0.3, 0.4) is 0 Å². The smallest absolute Gasteiger partial charge is 0.336 e. The Labute approximate surface area is 138 Å². The summed E-state index contributed by atoms with van der Waals surface area (Å²) >= 11 is 0. The van der Waals surface area contributed by atoms with Gasteiger partial charge in [0, 0.05) is 34.9 Å². The van der Waals surface area contributed by atoms with E-state index >= 15 is 0 Å². The van der Waals surface area contributed by atoms with Crippen LogP contribution in [-0.4, -0.2) is 20.2 Å². The van der Waals surface area contributed by atoms with Crippen LogP contribution in [0.25, 0.3) is 11.0 Å². The van der Waals surface area contributed by atoms with Crippen molar-refractivity contribution in [2.45, 2.75) is 34.2 Å². The van der Waals surface area contributed by atoms with Crippen molar-refractivity contribution in [3.05, 3.63) is 40.2 Å². The fourth-order valence-electron chi connectivity index (χ4n) is 3.14. The van der Waals surface area contributed by atoms with Crippen molar-refractivity contribution in [2.75, 3.05) is 20.2 Å². The molecule has 2 rings (SSSR count). The van der Waals surface area contributed by atoms with Gasteiger partial charge < -0.3 is 14.1 Å². The molecule has 0 aliphatic rings. The van der Waals surface area contributed by atoms with Crippen molar-refractivity contribution in [3.63, 3.8) is 0 Å². The summed E-state index contributed by atoms with van der Waals surface area (Å²) in [5.74, 6) is 1.94. The molecule has 0 amide bonds. The molecule has 0 atom stereocenters. The standard InChI is InChI=1S/C19H27NO3/c1-13(2)10-20(11-14(3)4)12-15-8-19(21)23-18-9-16(22-5)6-7-17(15)18/h6-9,13-14H,10-12H2,1-5H3/p+1. The second-order valence-electron chi connectivity index (χ2n) is 7.08. The lowest BCUT2D eigenvalue weighted by Gasteiger charge is -2.23. The number of methoxy groups -OCH3 is 1. The van der Waals surface area contributed by atoms with Crippen molar-refractivity contribution < 1.29 is 14.1 Å². The molecule has 0 fully saturated rings. The van der Waals surface area contributed by atoms with Crippen molar-refractivity contribution in [2.24, 2.45) is 11.8 Å². The quantitative estimate of drug-likeness (QED) is 0.798. The molecule has 2 aromatic rings. The highest BCUT2D eigenvalue weighted by Gasteiger charge is 2.17. The third-order valence-electron chi connectivity index (χ3n) is 3.87. The van der Waals surface area contributed by atoms with E-state index in [-0.39, 0.29) is 5.63 Å². The van der Waals surface area contributed by atoms with Gasteiger partial charge in [-0.1, -0.05) is 27.7 Å². The van der Waals surface area contributed by atoms with E-state index in [1.54, 1.807) is 19.2 Å². The summed E-state index contributed by atoms with van der Waals surface area (Å²) in [5.41, 5.74) is 1.35. The summed E-state index contributed by atoms with van der Waals surface area (Å²) in [4.78, 5) is 13.4. The van der Waals surface area contributed by atoms with Crippen LogP contribution in [0.1, 0.15) is 33.3 Å². The van der Waals surface area contributed by atoms with E-state index in [9.17, 15) is 4.79 Å². The maximum absolute atomic E-state index is 11.9. The Kier molecular flexibility index (Phi) is 5.83. The van der Waals surface area contributed by atoms with E-state index in [0.29, 0.717) is 23.2 Å². The Bertz CT molecular complexity index is 693. The average Bonchev–Trinajstić information content (AvgIpc) is 2.44. The molecule has 0 spiro atoms. The van der Waals surface area contributed by atoms with E-state index in [1.165, 1.54) is 4.90 Å². The number of rotatable bonds is 7. The van der Waals surface area contributed by atoms with Gasteiger partial charge in [-0.3, -0.25) is 0 Å². The summed E-state index contributed by atoms with van der Waals surface area (Å²) < 4.78 is 10.6. The molecule has 0 aliphatic heterocycles. The highest BCUT2D eigenvalue weighted by atomic mass is 16.5. The minimum atomic E-state index is -0.297. The zero-order valence-electron chi connectivity index (χ0n) is 14.8. The van der Waals surface area contributed by atoms with E-state index in [4.69, 9.17) is 9.15 Å². The first-order valence-electron chi connectivity index (χ1n) is 8.33. The number of fused-ring (bicyclic) bond motifs is 1. The average molecular weight is 318 g/mol. The molecular formula is C19H28NO3+. The summed E-state index contributed by atoms with van der Waals surface area (Å²) in [6.45, 7) is 12.0. The van der Waals surface area contributed by atoms with E-state index in [2.05, 4.69) is 27.7 Å². The van der Waals surface area contributed by atoms with Crippen LogP contribution in [0.5, 0.6) is 5.75 Å². The number of hydrogen-bond acceptors (Lipinski definition) is 3. The molecule has 0 unspecified atom stereocenters. The fraction of sp³-hybridized carbons (Fsp3) is 0.526. The predicted molar refractivity (Wildman–Crippen MR) is 93.1 cm³/mol. The zero-order chi connectivity index (χ0) is 17.0. The highest BCUT2D eigenvalue weighted by Crippen LogP contribution is 2.22. The zero-order valence-corrected chi connectivity index (χ0v) is 14.8. The second kappa shape index (κ2) is 7.64. The van der Waals surface area contributed by atoms with Gasteiger partial charge in [0.2, 0.25) is 0 Å². The maximum atomic E-state index is 11.9. The molecule has 0 radical (unpaired) electrons. The lowest BCUT2D eigenvalue weighted by Crippen LogP contribution is -3.11. The van der Waals surface area contributed by atoms with Crippen molar-refractivity contribution in [3.8, 4) is 5.75 Å². The van der Waals surface area contributed by atoms with Crippen molar-refractivity contribution >= 4 is 11.0 Å². The Morgan fingerprint density at radius 2 is 1.74 bits per heavy atom. The van der Waals surface area contributed by atoms with Gasteiger partial charge in [-0.15, -0.1) is 0 Å². The SMILES string of the molecule is COc1ccc2c(C[NH+](CC(C)C)CC(C)C)cc(=O)oc2c1. The molecule has 1 N–H and O–H groups in total. The summed E-state index contributed by atoms with van der Waals surface area (Å²) in [5, 5.41) is 0.996. The monoisotopic (exact) mass is 318 g/mol. The lowest BCUT2D eigenvalue weighted by molar-refractivity contribution is -0.919. The minimum absolute atomic E-state index is 0.297. The van der Waals surface area contributed by atoms with Gasteiger partial charge in [-0.2, -0.15) is 0 Å². The third kappa shape index (κ3) is 4.83. The first-order valence-corrected chi connectivity index (χ1v) is 8.33. The van der Waals surface area contributed by atoms with Gasteiger partial charge in [0.15, 0.2) is 0 Å². The van der Waals surface area contributed by atoms with Crippen LogP contribution >= 0.6 is 0 Å². The fourth-order valence-corrected chi connectivity index (χ4v) is 3.14. The summed E-state index contributed by atoms with van der Waals surface area (Å²) in [6.07, 6.45) is 0. The molecule has 0 saturated heterocycles. The van der Waals surface area contributed by atoms with Crippen LogP contribution in [0.2, 0.25) is 0 Å². The van der Waals surface area contributed by atoms with Crippen LogP contribution in [-0.2, 0) is 6.54 Å². The topological polar surface area (TPSA) is 43.9 Å². The van der Waals surface area contributed by atoms with Crippen molar-refractivity contribution in [1.29, 1.82) is 0 Å².